The molecule has 0 heterocycles. The first-order chi connectivity index (χ1) is 12.0. The summed E-state index contributed by atoms with van der Waals surface area (Å²) >= 11 is 0. The normalized spacial score (nSPS) is 14.4. The van der Waals surface area contributed by atoms with Crippen molar-refractivity contribution in [1.29, 1.82) is 0 Å². The minimum atomic E-state index is -0.689. The fraction of sp³-hybridized carbons (Fsp3) is 0.762. The molecule has 0 radical (unpaired) electrons. The number of aliphatic carboxylic acids is 1. The summed E-state index contributed by atoms with van der Waals surface area (Å²) in [6, 6.07) is 0. The van der Waals surface area contributed by atoms with Crippen molar-refractivity contribution >= 4 is 5.97 Å². The summed E-state index contributed by atoms with van der Waals surface area (Å²) in [6.45, 7) is 1.63. The lowest BCUT2D eigenvalue weighted by Gasteiger charge is -2.12. The zero-order chi connectivity index (χ0) is 18.8. The van der Waals surface area contributed by atoms with Crippen LogP contribution in [0.5, 0.6) is 0 Å². The molecule has 0 aromatic heterocycles. The van der Waals surface area contributed by atoms with Gasteiger partial charge in [-0.2, -0.15) is 0 Å². The average Bonchev–Trinajstić information content (AvgIpc) is 2.57. The number of hydrogen-bond acceptors (Lipinski definition) is 3. The van der Waals surface area contributed by atoms with Gasteiger partial charge < -0.3 is 15.3 Å². The van der Waals surface area contributed by atoms with Crippen molar-refractivity contribution in [2.45, 2.75) is 103 Å². The third-order valence-corrected chi connectivity index (χ3v) is 4.29. The standard InChI is InChI=1S/C21H38O4/c1-19(22)20(23)17-15-13-11-9-7-5-3-2-4-6-8-10-12-14-16-18-21(24)25/h2,4-5,7,19-20,22-23H,3,6,8-18H2,1H3,(H,24,25). The molecule has 25 heavy (non-hydrogen) atoms. The monoisotopic (exact) mass is 354 g/mol. The van der Waals surface area contributed by atoms with Crippen LogP contribution in [0.2, 0.25) is 0 Å². The molecule has 0 rings (SSSR count). The van der Waals surface area contributed by atoms with Crippen LogP contribution in [0.1, 0.15) is 90.4 Å². The maximum atomic E-state index is 10.4. The molecule has 2 unspecified atom stereocenters. The third kappa shape index (κ3) is 19.0. The van der Waals surface area contributed by atoms with Gasteiger partial charge in [-0.15, -0.1) is 0 Å². The van der Waals surface area contributed by atoms with E-state index >= 15 is 0 Å². The summed E-state index contributed by atoms with van der Waals surface area (Å²) in [5, 5.41) is 27.2. The van der Waals surface area contributed by atoms with Gasteiger partial charge in [0.25, 0.3) is 0 Å². The van der Waals surface area contributed by atoms with Gasteiger partial charge in [0.05, 0.1) is 12.2 Å². The number of aliphatic hydroxyl groups is 2. The smallest absolute Gasteiger partial charge is 0.303 e. The van der Waals surface area contributed by atoms with E-state index in [1.165, 1.54) is 12.8 Å². The summed E-state index contributed by atoms with van der Waals surface area (Å²) in [7, 11) is 0. The highest BCUT2D eigenvalue weighted by Crippen LogP contribution is 2.09. The number of hydrogen-bond donors (Lipinski definition) is 3. The topological polar surface area (TPSA) is 77.8 Å². The zero-order valence-corrected chi connectivity index (χ0v) is 15.9. The summed E-state index contributed by atoms with van der Waals surface area (Å²) in [5.74, 6) is -0.689. The molecular formula is C21H38O4. The van der Waals surface area contributed by atoms with Crippen molar-refractivity contribution in [2.24, 2.45) is 0 Å². The minimum Gasteiger partial charge on any atom is -0.481 e. The van der Waals surface area contributed by atoms with Crippen LogP contribution < -0.4 is 0 Å². The highest BCUT2D eigenvalue weighted by Gasteiger charge is 2.09. The summed E-state index contributed by atoms with van der Waals surface area (Å²) < 4.78 is 0. The molecule has 0 aromatic rings. The number of unbranched alkanes of at least 4 members (excludes halogenated alkanes) is 8. The van der Waals surface area contributed by atoms with Crippen molar-refractivity contribution in [1.82, 2.24) is 0 Å². The SMILES string of the molecule is CC(O)C(O)CCCCCC=CCC=CCCCCCCCC(=O)O. The summed E-state index contributed by atoms with van der Waals surface area (Å²) in [6.07, 6.45) is 20.4. The first kappa shape index (κ1) is 23.9. The van der Waals surface area contributed by atoms with Crippen LogP contribution in [0, 0.1) is 0 Å². The van der Waals surface area contributed by atoms with Crippen LogP contribution in [0.4, 0.5) is 0 Å². The van der Waals surface area contributed by atoms with E-state index in [1.54, 1.807) is 6.92 Å². The van der Waals surface area contributed by atoms with Crippen molar-refractivity contribution in [3.63, 3.8) is 0 Å². The molecule has 0 amide bonds. The van der Waals surface area contributed by atoms with Gasteiger partial charge in [-0.25, -0.2) is 0 Å². The number of rotatable bonds is 17. The second-order valence-electron chi connectivity index (χ2n) is 6.82. The van der Waals surface area contributed by atoms with E-state index in [9.17, 15) is 15.0 Å². The van der Waals surface area contributed by atoms with Crippen LogP contribution in [-0.2, 0) is 4.79 Å². The minimum absolute atomic E-state index is 0.302. The molecule has 0 saturated carbocycles. The van der Waals surface area contributed by atoms with E-state index in [-0.39, 0.29) is 0 Å². The molecule has 0 fully saturated rings. The Morgan fingerprint density at radius 1 is 0.800 bits per heavy atom. The number of carboxylic acids is 1. The quantitative estimate of drug-likeness (QED) is 0.254. The number of carboxylic acid groups (broad SMARTS) is 1. The second kappa shape index (κ2) is 17.7. The lowest BCUT2D eigenvalue weighted by atomic mass is 10.1. The van der Waals surface area contributed by atoms with E-state index in [2.05, 4.69) is 24.3 Å². The molecule has 0 bridgehead atoms. The van der Waals surface area contributed by atoms with E-state index in [0.29, 0.717) is 12.8 Å². The molecule has 3 N–H and O–H groups in total. The van der Waals surface area contributed by atoms with Crippen molar-refractivity contribution < 1.29 is 20.1 Å². The van der Waals surface area contributed by atoms with Gasteiger partial charge in [0.2, 0.25) is 0 Å². The van der Waals surface area contributed by atoms with Gasteiger partial charge >= 0.3 is 5.97 Å². The molecule has 0 spiro atoms. The average molecular weight is 355 g/mol. The molecule has 0 saturated heterocycles. The largest absolute Gasteiger partial charge is 0.481 e. The van der Waals surface area contributed by atoms with Crippen LogP contribution in [0.3, 0.4) is 0 Å². The molecule has 0 aliphatic rings. The highest BCUT2D eigenvalue weighted by atomic mass is 16.4. The number of aliphatic hydroxyl groups excluding tert-OH is 2. The van der Waals surface area contributed by atoms with Crippen molar-refractivity contribution in [3.05, 3.63) is 24.3 Å². The molecule has 0 aliphatic carbocycles. The maximum Gasteiger partial charge on any atom is 0.303 e. The highest BCUT2D eigenvalue weighted by molar-refractivity contribution is 5.66. The lowest BCUT2D eigenvalue weighted by Crippen LogP contribution is -2.21. The van der Waals surface area contributed by atoms with Crippen molar-refractivity contribution in [2.75, 3.05) is 0 Å². The summed E-state index contributed by atoms with van der Waals surface area (Å²) in [4.78, 5) is 10.4. The molecule has 0 aromatic carbocycles. The van der Waals surface area contributed by atoms with Gasteiger partial charge in [-0.05, 0) is 51.9 Å². The maximum absolute atomic E-state index is 10.4. The predicted octanol–water partition coefficient (Wildman–Crippen LogP) is 5.00. The third-order valence-electron chi connectivity index (χ3n) is 4.29. The molecular weight excluding hydrogens is 316 g/mol. The van der Waals surface area contributed by atoms with E-state index in [1.807, 2.05) is 0 Å². The Kier molecular flexibility index (Phi) is 16.9. The Labute approximate surface area is 153 Å². The Balaban J connectivity index is 3.28. The van der Waals surface area contributed by atoms with Gasteiger partial charge in [-0.3, -0.25) is 4.79 Å². The van der Waals surface area contributed by atoms with Crippen LogP contribution in [0.25, 0.3) is 0 Å². The van der Waals surface area contributed by atoms with E-state index < -0.39 is 18.2 Å². The van der Waals surface area contributed by atoms with E-state index in [0.717, 1.165) is 57.8 Å². The second-order valence-corrected chi connectivity index (χ2v) is 6.82. The lowest BCUT2D eigenvalue weighted by molar-refractivity contribution is -0.137. The van der Waals surface area contributed by atoms with Crippen LogP contribution >= 0.6 is 0 Å². The van der Waals surface area contributed by atoms with Gasteiger partial charge in [-0.1, -0.05) is 56.4 Å². The Hall–Kier alpha value is -1.13. The van der Waals surface area contributed by atoms with Crippen LogP contribution in [0.15, 0.2) is 24.3 Å². The molecule has 0 aliphatic heterocycles. The molecule has 146 valence electrons. The summed E-state index contributed by atoms with van der Waals surface area (Å²) in [5.41, 5.74) is 0. The number of allylic oxidation sites excluding steroid dienone is 4. The van der Waals surface area contributed by atoms with Crippen LogP contribution in [-0.4, -0.2) is 33.5 Å². The Morgan fingerprint density at radius 3 is 1.88 bits per heavy atom. The van der Waals surface area contributed by atoms with E-state index in [4.69, 9.17) is 5.11 Å². The zero-order valence-electron chi connectivity index (χ0n) is 15.9. The van der Waals surface area contributed by atoms with Crippen molar-refractivity contribution in [3.8, 4) is 0 Å². The molecule has 4 nitrogen and oxygen atoms in total. The van der Waals surface area contributed by atoms with Gasteiger partial charge in [0.15, 0.2) is 0 Å². The first-order valence-electron chi connectivity index (χ1n) is 9.92. The van der Waals surface area contributed by atoms with Gasteiger partial charge in [0, 0.05) is 6.42 Å². The predicted molar refractivity (Wildman–Crippen MR) is 104 cm³/mol. The molecule has 4 heteroatoms. The Morgan fingerprint density at radius 2 is 1.32 bits per heavy atom. The number of carbonyl (C=O) groups is 1. The fourth-order valence-corrected chi connectivity index (χ4v) is 2.61. The first-order valence-corrected chi connectivity index (χ1v) is 9.92. The fourth-order valence-electron chi connectivity index (χ4n) is 2.61. The van der Waals surface area contributed by atoms with Gasteiger partial charge in [0.1, 0.15) is 0 Å². The Bertz CT molecular complexity index is 361. The molecule has 2 atom stereocenters.